The van der Waals surface area contributed by atoms with Crippen LogP contribution < -0.4 is 29.6 Å². The molecule has 60 valence electrons. The van der Waals surface area contributed by atoms with Crippen LogP contribution in [-0.4, -0.2) is 16.2 Å². The minimum atomic E-state index is -0.879. The van der Waals surface area contributed by atoms with Gasteiger partial charge in [-0.1, -0.05) is 18.2 Å². The molecule has 1 aromatic carbocycles. The summed E-state index contributed by atoms with van der Waals surface area (Å²) in [7, 11) is 2.25. The van der Waals surface area contributed by atoms with Crippen molar-refractivity contribution in [1.29, 1.82) is 0 Å². The summed E-state index contributed by atoms with van der Waals surface area (Å²) in [6, 6.07) is 8.30. The molecule has 0 radical (unpaired) electrons. The van der Waals surface area contributed by atoms with Crippen molar-refractivity contribution >= 4 is 5.97 Å². The number of aliphatic hydroxyl groups excluding tert-OH is 1. The number of aromatic carboxylic acids is 1. The fraction of sp³-hybridized carbons (Fsp3) is 0. The molecule has 1 rings (SSSR count). The van der Waals surface area contributed by atoms with Crippen LogP contribution in [-0.2, 0) is 0 Å². The first kappa shape index (κ1) is 14.2. The van der Waals surface area contributed by atoms with Gasteiger partial charge in [0.1, 0.15) is 0 Å². The summed E-state index contributed by atoms with van der Waals surface area (Å²) in [4.78, 5) is 10.2. The van der Waals surface area contributed by atoms with Crippen LogP contribution in [0.5, 0.6) is 0 Å². The van der Waals surface area contributed by atoms with Crippen molar-refractivity contribution in [3.05, 3.63) is 43.0 Å². The van der Waals surface area contributed by atoms with E-state index in [-0.39, 0.29) is 29.6 Å². The zero-order valence-electron chi connectivity index (χ0n) is 6.90. The summed E-state index contributed by atoms with van der Waals surface area (Å²) in [6.07, 6.45) is 0. The van der Waals surface area contributed by atoms with Crippen molar-refractivity contribution in [3.8, 4) is 0 Å². The normalized spacial score (nSPS) is 7.17. The van der Waals surface area contributed by atoms with Crippen molar-refractivity contribution in [2.24, 2.45) is 0 Å². The van der Waals surface area contributed by atoms with Crippen molar-refractivity contribution in [1.82, 2.24) is 0 Å². The predicted octanol–water partition coefficient (Wildman–Crippen LogP) is -1.46. The second-order valence-corrected chi connectivity index (χ2v) is 1.67. The SMILES string of the molecule is O=C(O)c1ccccc1.[CH2-]O.[Na+]. The van der Waals surface area contributed by atoms with Gasteiger partial charge in [-0.25, -0.2) is 11.9 Å². The molecule has 0 heterocycles. The maximum absolute atomic E-state index is 10.2. The largest absolute Gasteiger partial charge is 1.00 e. The Balaban J connectivity index is 0. The Bertz CT molecular complexity index is 211. The van der Waals surface area contributed by atoms with E-state index in [1.807, 2.05) is 0 Å². The first-order valence-electron chi connectivity index (χ1n) is 2.90. The number of carboxylic acids is 1. The molecular formula is C8H9NaO3. The molecule has 0 saturated heterocycles. The van der Waals surface area contributed by atoms with Crippen LogP contribution >= 0.6 is 0 Å². The Kier molecular flexibility index (Phi) is 10.3. The molecule has 0 unspecified atom stereocenters. The molecule has 0 bridgehead atoms. The maximum Gasteiger partial charge on any atom is 1.00 e. The minimum absolute atomic E-state index is 0. The quantitative estimate of drug-likeness (QED) is 0.406. The van der Waals surface area contributed by atoms with Gasteiger partial charge in [0, 0.05) is 0 Å². The summed E-state index contributed by atoms with van der Waals surface area (Å²) in [5.41, 5.74) is 0.331. The van der Waals surface area contributed by atoms with Gasteiger partial charge in [-0.3, -0.25) is 0 Å². The molecular weight excluding hydrogens is 167 g/mol. The van der Waals surface area contributed by atoms with Crippen LogP contribution in [0.1, 0.15) is 10.4 Å². The second kappa shape index (κ2) is 8.74. The summed E-state index contributed by atoms with van der Waals surface area (Å²) < 4.78 is 0. The molecule has 4 heteroatoms. The Morgan fingerprint density at radius 2 is 1.58 bits per heavy atom. The van der Waals surface area contributed by atoms with Crippen LogP contribution in [0.2, 0.25) is 0 Å². The van der Waals surface area contributed by atoms with Gasteiger partial charge in [-0.2, -0.15) is 0 Å². The van der Waals surface area contributed by atoms with Gasteiger partial charge in [-0.15, -0.1) is 0 Å². The summed E-state index contributed by atoms with van der Waals surface area (Å²) >= 11 is 0. The molecule has 12 heavy (non-hydrogen) atoms. The molecule has 0 spiro atoms. The van der Waals surface area contributed by atoms with Crippen molar-refractivity contribution in [2.75, 3.05) is 0 Å². The molecule has 0 amide bonds. The van der Waals surface area contributed by atoms with E-state index in [2.05, 4.69) is 7.11 Å². The van der Waals surface area contributed by atoms with Crippen molar-refractivity contribution < 1.29 is 44.6 Å². The Hall–Kier alpha value is -0.350. The summed E-state index contributed by atoms with van der Waals surface area (Å²) in [5, 5.41) is 15.1. The summed E-state index contributed by atoms with van der Waals surface area (Å²) in [5.74, 6) is -0.879. The molecule has 0 fully saturated rings. The van der Waals surface area contributed by atoms with Crippen LogP contribution in [0, 0.1) is 7.11 Å². The van der Waals surface area contributed by atoms with Crippen LogP contribution in [0.3, 0.4) is 0 Å². The molecule has 0 saturated carbocycles. The molecule has 2 N–H and O–H groups in total. The first-order valence-corrected chi connectivity index (χ1v) is 2.90. The smallest absolute Gasteiger partial charge is 0.569 e. The van der Waals surface area contributed by atoms with E-state index >= 15 is 0 Å². The van der Waals surface area contributed by atoms with Crippen LogP contribution in [0.15, 0.2) is 30.3 Å². The monoisotopic (exact) mass is 176 g/mol. The number of carboxylic acid groups (broad SMARTS) is 1. The molecule has 0 aliphatic carbocycles. The van der Waals surface area contributed by atoms with E-state index in [4.69, 9.17) is 10.2 Å². The fourth-order valence-electron chi connectivity index (χ4n) is 0.581. The van der Waals surface area contributed by atoms with E-state index in [1.54, 1.807) is 30.3 Å². The third kappa shape index (κ3) is 5.32. The molecule has 3 nitrogen and oxygen atoms in total. The summed E-state index contributed by atoms with van der Waals surface area (Å²) in [6.45, 7) is 0. The topological polar surface area (TPSA) is 57.5 Å². The van der Waals surface area contributed by atoms with Crippen LogP contribution in [0.25, 0.3) is 0 Å². The van der Waals surface area contributed by atoms with Gasteiger partial charge >= 0.3 is 35.5 Å². The Labute approximate surface area is 93.3 Å². The number of hydrogen-bond acceptors (Lipinski definition) is 2. The number of rotatable bonds is 1. The minimum Gasteiger partial charge on any atom is -0.569 e. The maximum atomic E-state index is 10.2. The zero-order chi connectivity index (χ0) is 8.69. The van der Waals surface area contributed by atoms with Gasteiger partial charge < -0.3 is 10.2 Å². The fourth-order valence-corrected chi connectivity index (χ4v) is 0.581. The van der Waals surface area contributed by atoms with E-state index in [9.17, 15) is 4.79 Å². The van der Waals surface area contributed by atoms with Gasteiger partial charge in [-0.05, 0) is 12.1 Å². The second-order valence-electron chi connectivity index (χ2n) is 1.67. The molecule has 0 aliphatic heterocycles. The Morgan fingerprint density at radius 3 is 1.83 bits per heavy atom. The predicted molar refractivity (Wildman–Crippen MR) is 40.7 cm³/mol. The number of carbonyl (C=O) groups is 1. The molecule has 0 atom stereocenters. The number of benzene rings is 1. The third-order valence-corrected chi connectivity index (χ3v) is 1.02. The molecule has 0 aromatic heterocycles. The van der Waals surface area contributed by atoms with E-state index in [0.717, 1.165) is 0 Å². The average Bonchev–Trinajstić information content (AvgIpc) is 2.10. The molecule has 1 aromatic rings. The zero-order valence-corrected chi connectivity index (χ0v) is 8.90. The third-order valence-electron chi connectivity index (χ3n) is 1.02. The Morgan fingerprint density at radius 1 is 1.17 bits per heavy atom. The first-order chi connectivity index (χ1) is 5.30. The number of aliphatic hydroxyl groups is 1. The molecule has 0 aliphatic rings. The van der Waals surface area contributed by atoms with Gasteiger partial charge in [0.25, 0.3) is 0 Å². The average molecular weight is 176 g/mol. The standard InChI is InChI=1S/C7H6O2.CH3O.Na/c8-7(9)6-4-2-1-3-5-6;1-2;/h1-5H,(H,8,9);2H,1H2;/q;-1;+1. The van der Waals surface area contributed by atoms with Crippen molar-refractivity contribution in [2.45, 2.75) is 0 Å². The van der Waals surface area contributed by atoms with Gasteiger partial charge in [0.15, 0.2) is 0 Å². The van der Waals surface area contributed by atoms with E-state index in [1.165, 1.54) is 0 Å². The van der Waals surface area contributed by atoms with Crippen molar-refractivity contribution in [3.63, 3.8) is 0 Å². The van der Waals surface area contributed by atoms with Gasteiger partial charge in [0.2, 0.25) is 0 Å². The van der Waals surface area contributed by atoms with E-state index < -0.39 is 5.97 Å². The van der Waals surface area contributed by atoms with Gasteiger partial charge in [0.05, 0.1) is 5.56 Å². The number of hydrogen-bond donors (Lipinski definition) is 2. The van der Waals surface area contributed by atoms with Crippen LogP contribution in [0.4, 0.5) is 0 Å². The van der Waals surface area contributed by atoms with E-state index in [0.29, 0.717) is 5.56 Å².